The van der Waals surface area contributed by atoms with Crippen LogP contribution >= 0.6 is 11.6 Å². The molecule has 22 heavy (non-hydrogen) atoms. The zero-order valence-electron chi connectivity index (χ0n) is 11.6. The number of fused-ring (bicyclic) bond motifs is 1. The molecule has 1 aliphatic rings. The molecule has 0 atom stereocenters. The van der Waals surface area contributed by atoms with Gasteiger partial charge in [-0.25, -0.2) is 9.97 Å². The Labute approximate surface area is 130 Å². The summed E-state index contributed by atoms with van der Waals surface area (Å²) < 4.78 is 0. The summed E-state index contributed by atoms with van der Waals surface area (Å²) in [6.07, 6.45) is 1.68. The van der Waals surface area contributed by atoms with Gasteiger partial charge < -0.3 is 4.90 Å². The molecule has 112 valence electrons. The first-order chi connectivity index (χ1) is 10.5. The summed E-state index contributed by atoms with van der Waals surface area (Å²) >= 11 is 5.74. The van der Waals surface area contributed by atoms with E-state index in [4.69, 9.17) is 11.6 Å². The third-order valence-electron chi connectivity index (χ3n) is 3.57. The number of benzene rings is 1. The maximum absolute atomic E-state index is 12.4. The number of anilines is 1. The van der Waals surface area contributed by atoms with Crippen molar-refractivity contribution >= 4 is 28.9 Å². The minimum atomic E-state index is -0.478. The quantitative estimate of drug-likeness (QED) is 0.482. The number of rotatable bonds is 2. The molecule has 0 saturated heterocycles. The van der Waals surface area contributed by atoms with Gasteiger partial charge in [-0.15, -0.1) is 0 Å². The number of amides is 1. The summed E-state index contributed by atoms with van der Waals surface area (Å²) in [7, 11) is 0. The summed E-state index contributed by atoms with van der Waals surface area (Å²) in [6, 6.07) is 4.47. The highest BCUT2D eigenvalue weighted by atomic mass is 35.5. The molecule has 1 aromatic heterocycles. The number of hydrogen-bond acceptors (Lipinski definition) is 5. The molecule has 3 rings (SSSR count). The van der Waals surface area contributed by atoms with E-state index in [-0.39, 0.29) is 29.8 Å². The lowest BCUT2D eigenvalue weighted by Gasteiger charge is -2.29. The predicted octanol–water partition coefficient (Wildman–Crippen LogP) is 2.44. The highest BCUT2D eigenvalue weighted by molar-refractivity contribution is 6.28. The van der Waals surface area contributed by atoms with Crippen molar-refractivity contribution in [2.45, 2.75) is 19.9 Å². The topological polar surface area (TPSA) is 89.2 Å². The van der Waals surface area contributed by atoms with Crippen LogP contribution < -0.4 is 4.90 Å². The van der Waals surface area contributed by atoms with Crippen LogP contribution in [0.3, 0.4) is 0 Å². The standard InChI is InChI=1S/C14H11ClN4O3/c1-8-2-3-10(19(21)22)4-12(8)18-7-9-6-16-14(15)17-11(9)5-13(18)20/h2-4,6H,5,7H2,1H3. The van der Waals surface area contributed by atoms with Crippen LogP contribution in [0.2, 0.25) is 5.28 Å². The lowest BCUT2D eigenvalue weighted by molar-refractivity contribution is -0.384. The Morgan fingerprint density at radius 2 is 2.18 bits per heavy atom. The van der Waals surface area contributed by atoms with E-state index >= 15 is 0 Å². The second-order valence-electron chi connectivity index (χ2n) is 5.00. The number of carbonyl (C=O) groups is 1. The molecular formula is C14H11ClN4O3. The van der Waals surface area contributed by atoms with Crippen molar-refractivity contribution in [1.82, 2.24) is 9.97 Å². The van der Waals surface area contributed by atoms with E-state index in [0.717, 1.165) is 11.1 Å². The maximum atomic E-state index is 12.4. The Hall–Kier alpha value is -2.54. The molecule has 0 aliphatic carbocycles. The first-order valence-corrected chi connectivity index (χ1v) is 6.89. The molecule has 0 bridgehead atoms. The summed E-state index contributed by atoms with van der Waals surface area (Å²) in [5.74, 6) is -0.175. The van der Waals surface area contributed by atoms with Crippen LogP contribution in [-0.4, -0.2) is 20.8 Å². The lowest BCUT2D eigenvalue weighted by atomic mass is 10.0. The van der Waals surface area contributed by atoms with Gasteiger partial charge >= 0.3 is 0 Å². The average molecular weight is 319 g/mol. The van der Waals surface area contributed by atoms with Crippen molar-refractivity contribution in [2.24, 2.45) is 0 Å². The monoisotopic (exact) mass is 318 g/mol. The Morgan fingerprint density at radius 3 is 2.91 bits per heavy atom. The highest BCUT2D eigenvalue weighted by Crippen LogP contribution is 2.30. The minimum Gasteiger partial charge on any atom is -0.307 e. The van der Waals surface area contributed by atoms with Gasteiger partial charge in [0.25, 0.3) is 5.69 Å². The zero-order chi connectivity index (χ0) is 15.9. The number of carbonyl (C=O) groups excluding carboxylic acids is 1. The molecular weight excluding hydrogens is 308 g/mol. The number of nitrogens with zero attached hydrogens (tertiary/aromatic N) is 4. The first kappa shape index (κ1) is 14.4. The van der Waals surface area contributed by atoms with Crippen LogP contribution in [-0.2, 0) is 17.8 Å². The zero-order valence-corrected chi connectivity index (χ0v) is 12.4. The summed E-state index contributed by atoms with van der Waals surface area (Å²) in [4.78, 5) is 32.3. The normalized spacial score (nSPS) is 13.9. The van der Waals surface area contributed by atoms with Crippen LogP contribution in [0.15, 0.2) is 24.4 Å². The number of halogens is 1. The van der Waals surface area contributed by atoms with Crippen molar-refractivity contribution < 1.29 is 9.72 Å². The minimum absolute atomic E-state index is 0.0495. The molecule has 0 spiro atoms. The molecule has 2 aromatic rings. The SMILES string of the molecule is Cc1ccc([N+](=O)[O-])cc1N1Cc2cnc(Cl)nc2CC1=O. The predicted molar refractivity (Wildman–Crippen MR) is 79.8 cm³/mol. The Bertz CT molecular complexity index is 794. The summed E-state index contributed by atoms with van der Waals surface area (Å²) in [5, 5.41) is 11.0. The van der Waals surface area contributed by atoms with Gasteiger partial charge in [-0.1, -0.05) is 6.07 Å². The molecule has 0 N–H and O–H groups in total. The molecule has 8 heteroatoms. The molecule has 1 amide bonds. The van der Waals surface area contributed by atoms with Crippen molar-refractivity contribution in [1.29, 1.82) is 0 Å². The van der Waals surface area contributed by atoms with Crippen molar-refractivity contribution in [3.8, 4) is 0 Å². The molecule has 2 heterocycles. The fourth-order valence-electron chi connectivity index (χ4n) is 2.42. The molecule has 7 nitrogen and oxygen atoms in total. The molecule has 1 aromatic carbocycles. The van der Waals surface area contributed by atoms with Gasteiger partial charge in [0, 0.05) is 23.9 Å². The van der Waals surface area contributed by atoms with E-state index in [1.165, 1.54) is 17.0 Å². The van der Waals surface area contributed by atoms with E-state index < -0.39 is 4.92 Å². The van der Waals surface area contributed by atoms with Crippen LogP contribution in [0.4, 0.5) is 11.4 Å². The second-order valence-corrected chi connectivity index (χ2v) is 5.33. The fourth-order valence-corrected chi connectivity index (χ4v) is 2.57. The van der Waals surface area contributed by atoms with E-state index in [2.05, 4.69) is 9.97 Å². The number of nitro groups is 1. The van der Waals surface area contributed by atoms with Gasteiger partial charge in [-0.3, -0.25) is 14.9 Å². The van der Waals surface area contributed by atoms with E-state index in [1.54, 1.807) is 19.2 Å². The van der Waals surface area contributed by atoms with E-state index in [1.807, 2.05) is 0 Å². The van der Waals surface area contributed by atoms with Crippen LogP contribution in [0.1, 0.15) is 16.8 Å². The molecule has 0 fully saturated rings. The van der Waals surface area contributed by atoms with Crippen molar-refractivity contribution in [3.05, 3.63) is 56.6 Å². The largest absolute Gasteiger partial charge is 0.307 e. The summed E-state index contributed by atoms with van der Waals surface area (Å²) in [6.45, 7) is 2.08. The lowest BCUT2D eigenvalue weighted by Crippen LogP contribution is -2.37. The molecule has 0 saturated carbocycles. The molecule has 1 aliphatic heterocycles. The van der Waals surface area contributed by atoms with Gasteiger partial charge in [-0.05, 0) is 24.1 Å². The van der Waals surface area contributed by atoms with Crippen molar-refractivity contribution in [2.75, 3.05) is 4.90 Å². The number of nitro benzene ring substituents is 1. The van der Waals surface area contributed by atoms with E-state index in [0.29, 0.717) is 11.4 Å². The van der Waals surface area contributed by atoms with Crippen LogP contribution in [0.5, 0.6) is 0 Å². The smallest absolute Gasteiger partial charge is 0.271 e. The number of aryl methyl sites for hydroxylation is 1. The Morgan fingerprint density at radius 1 is 1.41 bits per heavy atom. The second kappa shape index (κ2) is 5.34. The van der Waals surface area contributed by atoms with Crippen LogP contribution in [0.25, 0.3) is 0 Å². The van der Waals surface area contributed by atoms with Gasteiger partial charge in [0.05, 0.1) is 29.3 Å². The molecule has 0 radical (unpaired) electrons. The number of non-ortho nitro benzene ring substituents is 1. The van der Waals surface area contributed by atoms with Crippen LogP contribution in [0, 0.1) is 17.0 Å². The van der Waals surface area contributed by atoms with Gasteiger partial charge in [0.15, 0.2) is 0 Å². The molecule has 0 unspecified atom stereocenters. The van der Waals surface area contributed by atoms with Gasteiger partial charge in [0.2, 0.25) is 11.2 Å². The highest BCUT2D eigenvalue weighted by Gasteiger charge is 2.27. The Kier molecular flexibility index (Phi) is 3.50. The van der Waals surface area contributed by atoms with Gasteiger partial charge in [0.1, 0.15) is 0 Å². The van der Waals surface area contributed by atoms with Gasteiger partial charge in [-0.2, -0.15) is 0 Å². The van der Waals surface area contributed by atoms with E-state index in [9.17, 15) is 14.9 Å². The van der Waals surface area contributed by atoms with Crippen molar-refractivity contribution in [3.63, 3.8) is 0 Å². The number of hydrogen-bond donors (Lipinski definition) is 0. The summed E-state index contributed by atoms with van der Waals surface area (Å²) in [5.41, 5.74) is 2.66. The Balaban J connectivity index is 2.02. The third-order valence-corrected chi connectivity index (χ3v) is 3.75. The fraction of sp³-hybridized carbons (Fsp3) is 0.214. The average Bonchev–Trinajstić information content (AvgIpc) is 2.47. The first-order valence-electron chi connectivity index (χ1n) is 6.51. The number of aromatic nitrogens is 2. The third kappa shape index (κ3) is 2.50. The maximum Gasteiger partial charge on any atom is 0.271 e.